The molecule has 2 fully saturated rings. The smallest absolute Gasteiger partial charge is 0.320 e. The van der Waals surface area contributed by atoms with Gasteiger partial charge < -0.3 is 9.52 Å². The highest BCUT2D eigenvalue weighted by Gasteiger charge is 2.45. The molecule has 4 rings (SSSR count). The summed E-state index contributed by atoms with van der Waals surface area (Å²) in [7, 11) is 0. The summed E-state index contributed by atoms with van der Waals surface area (Å²) in [5, 5.41) is 9.59. The van der Waals surface area contributed by atoms with E-state index in [4.69, 9.17) is 4.42 Å². The molecular formula is C19H21FN2O3. The number of fused-ring (bicyclic) bond motifs is 1. The molecule has 25 heavy (non-hydrogen) atoms. The summed E-state index contributed by atoms with van der Waals surface area (Å²) in [5.74, 6) is 0.479. The van der Waals surface area contributed by atoms with Crippen LogP contribution in [-0.4, -0.2) is 33.0 Å². The quantitative estimate of drug-likeness (QED) is 0.916. The summed E-state index contributed by atoms with van der Waals surface area (Å²) in [5.41, 5.74) is 0.756. The highest BCUT2D eigenvalue weighted by Crippen LogP contribution is 2.40. The number of carboxylic acids is 1. The normalized spacial score (nSPS) is 26.5. The number of hydrogen-bond acceptors (Lipinski definition) is 4. The van der Waals surface area contributed by atoms with Crippen molar-refractivity contribution in [3.05, 3.63) is 42.2 Å². The predicted octanol–water partition coefficient (Wildman–Crippen LogP) is 3.70. The maximum atomic E-state index is 13.0. The second-order valence-electron chi connectivity index (χ2n) is 7.00. The number of nitrogens with zero attached hydrogens (tertiary/aromatic N) is 2. The van der Waals surface area contributed by atoms with Gasteiger partial charge in [-0.3, -0.25) is 9.69 Å². The third kappa shape index (κ3) is 3.18. The van der Waals surface area contributed by atoms with E-state index < -0.39 is 12.0 Å². The standard InChI is InChI=1S/C19H21FN2O3/c20-14-7-5-12(6-8-14)17-10-21-18(25-17)11-22-15-4-2-1-3-13(15)9-16(22)19(23)24/h5-8,10,13,15-16H,1-4,9,11H2,(H,23,24). The van der Waals surface area contributed by atoms with Crippen molar-refractivity contribution in [2.75, 3.05) is 0 Å². The number of oxazole rings is 1. The van der Waals surface area contributed by atoms with Crippen LogP contribution in [0.3, 0.4) is 0 Å². The van der Waals surface area contributed by atoms with Gasteiger partial charge in [0.1, 0.15) is 11.9 Å². The van der Waals surface area contributed by atoms with Crippen LogP contribution in [0.1, 0.15) is 38.0 Å². The molecule has 0 amide bonds. The fourth-order valence-electron chi connectivity index (χ4n) is 4.31. The minimum atomic E-state index is -0.764. The number of hydrogen-bond donors (Lipinski definition) is 1. The Kier molecular flexibility index (Phi) is 4.29. The van der Waals surface area contributed by atoms with Gasteiger partial charge in [0.2, 0.25) is 5.89 Å². The minimum absolute atomic E-state index is 0.298. The lowest BCUT2D eigenvalue weighted by atomic mass is 9.85. The van der Waals surface area contributed by atoms with Crippen molar-refractivity contribution in [1.29, 1.82) is 0 Å². The zero-order chi connectivity index (χ0) is 17.4. The first-order chi connectivity index (χ1) is 12.1. The number of aromatic nitrogens is 1. The number of rotatable bonds is 4. The van der Waals surface area contributed by atoms with Gasteiger partial charge in [0.15, 0.2) is 5.76 Å². The van der Waals surface area contributed by atoms with Crippen molar-refractivity contribution in [2.24, 2.45) is 5.92 Å². The van der Waals surface area contributed by atoms with Crippen LogP contribution >= 0.6 is 0 Å². The molecule has 2 aliphatic rings. The Morgan fingerprint density at radius 1 is 1.28 bits per heavy atom. The molecule has 5 nitrogen and oxygen atoms in total. The molecule has 1 N–H and O–H groups in total. The van der Waals surface area contributed by atoms with E-state index in [-0.39, 0.29) is 5.82 Å². The van der Waals surface area contributed by atoms with Gasteiger partial charge in [-0.1, -0.05) is 12.8 Å². The number of aliphatic carboxylic acids is 1. The number of halogens is 1. The maximum absolute atomic E-state index is 13.0. The molecule has 2 heterocycles. The van der Waals surface area contributed by atoms with Gasteiger partial charge in [-0.05, 0) is 49.4 Å². The van der Waals surface area contributed by atoms with Gasteiger partial charge in [0.25, 0.3) is 0 Å². The molecule has 132 valence electrons. The van der Waals surface area contributed by atoms with E-state index in [2.05, 4.69) is 4.98 Å². The molecular weight excluding hydrogens is 323 g/mol. The number of carbonyl (C=O) groups is 1. The van der Waals surface area contributed by atoms with E-state index in [1.165, 1.54) is 18.6 Å². The van der Waals surface area contributed by atoms with Crippen molar-refractivity contribution in [3.63, 3.8) is 0 Å². The third-order valence-corrected chi connectivity index (χ3v) is 5.51. The summed E-state index contributed by atoms with van der Waals surface area (Å²) in [6, 6.07) is 5.89. The van der Waals surface area contributed by atoms with Crippen LogP contribution in [0.5, 0.6) is 0 Å². The van der Waals surface area contributed by atoms with Crippen LogP contribution in [0.15, 0.2) is 34.9 Å². The van der Waals surface area contributed by atoms with E-state index >= 15 is 0 Å². The van der Waals surface area contributed by atoms with Gasteiger partial charge >= 0.3 is 5.97 Å². The fraction of sp³-hybridized carbons (Fsp3) is 0.474. The first kappa shape index (κ1) is 16.3. The SMILES string of the molecule is O=C(O)C1CC2CCCCC2N1Cc1ncc(-c2ccc(F)cc2)o1. The molecule has 1 aromatic heterocycles. The van der Waals surface area contributed by atoms with E-state index in [1.54, 1.807) is 18.3 Å². The Bertz CT molecular complexity index is 758. The van der Waals surface area contributed by atoms with Crippen molar-refractivity contribution >= 4 is 5.97 Å². The average Bonchev–Trinajstić information content (AvgIpc) is 3.21. The summed E-state index contributed by atoms with van der Waals surface area (Å²) in [6.45, 7) is 0.402. The minimum Gasteiger partial charge on any atom is -0.480 e. The summed E-state index contributed by atoms with van der Waals surface area (Å²) in [6.07, 6.45) is 6.82. The number of likely N-dealkylation sites (tertiary alicyclic amines) is 1. The van der Waals surface area contributed by atoms with Gasteiger partial charge in [0.05, 0.1) is 12.7 Å². The maximum Gasteiger partial charge on any atom is 0.320 e. The lowest BCUT2D eigenvalue weighted by molar-refractivity contribution is -0.143. The number of carboxylic acid groups (broad SMARTS) is 1. The third-order valence-electron chi connectivity index (χ3n) is 5.51. The first-order valence-corrected chi connectivity index (χ1v) is 8.81. The zero-order valence-electron chi connectivity index (χ0n) is 13.9. The molecule has 0 bridgehead atoms. The summed E-state index contributed by atoms with van der Waals surface area (Å²) in [4.78, 5) is 18.0. The van der Waals surface area contributed by atoms with Crippen molar-refractivity contribution < 1.29 is 18.7 Å². The molecule has 1 aromatic carbocycles. The lowest BCUT2D eigenvalue weighted by Gasteiger charge is -2.32. The summed E-state index contributed by atoms with van der Waals surface area (Å²) < 4.78 is 18.9. The molecule has 2 aromatic rings. The van der Waals surface area contributed by atoms with Gasteiger partial charge in [-0.2, -0.15) is 0 Å². The molecule has 3 unspecified atom stereocenters. The number of benzene rings is 1. The largest absolute Gasteiger partial charge is 0.480 e. The molecule has 1 aliphatic carbocycles. The average molecular weight is 344 g/mol. The summed E-state index contributed by atoms with van der Waals surface area (Å²) >= 11 is 0. The van der Waals surface area contributed by atoms with Crippen LogP contribution in [-0.2, 0) is 11.3 Å². The lowest BCUT2D eigenvalue weighted by Crippen LogP contribution is -2.41. The zero-order valence-corrected chi connectivity index (χ0v) is 13.9. The van der Waals surface area contributed by atoms with Crippen molar-refractivity contribution in [2.45, 2.75) is 50.7 Å². The van der Waals surface area contributed by atoms with E-state index in [1.807, 2.05) is 4.90 Å². The van der Waals surface area contributed by atoms with Crippen LogP contribution in [0.4, 0.5) is 4.39 Å². The van der Waals surface area contributed by atoms with Crippen LogP contribution < -0.4 is 0 Å². The fourth-order valence-corrected chi connectivity index (χ4v) is 4.31. The monoisotopic (exact) mass is 344 g/mol. The Balaban J connectivity index is 1.54. The van der Waals surface area contributed by atoms with Crippen molar-refractivity contribution in [3.8, 4) is 11.3 Å². The second-order valence-corrected chi connectivity index (χ2v) is 7.00. The van der Waals surface area contributed by atoms with Crippen LogP contribution in [0, 0.1) is 11.7 Å². The molecule has 1 aliphatic heterocycles. The molecule has 1 saturated carbocycles. The molecule has 1 saturated heterocycles. The van der Waals surface area contributed by atoms with E-state index in [0.717, 1.165) is 24.8 Å². The van der Waals surface area contributed by atoms with Gasteiger partial charge in [0, 0.05) is 11.6 Å². The Morgan fingerprint density at radius 2 is 2.04 bits per heavy atom. The second kappa shape index (κ2) is 6.59. The Morgan fingerprint density at radius 3 is 2.80 bits per heavy atom. The molecule has 0 spiro atoms. The highest BCUT2D eigenvalue weighted by molar-refractivity contribution is 5.74. The van der Waals surface area contributed by atoms with Crippen LogP contribution in [0.25, 0.3) is 11.3 Å². The molecule has 6 heteroatoms. The van der Waals surface area contributed by atoms with E-state index in [9.17, 15) is 14.3 Å². The van der Waals surface area contributed by atoms with Gasteiger partial charge in [-0.25, -0.2) is 9.37 Å². The first-order valence-electron chi connectivity index (χ1n) is 8.81. The Hall–Kier alpha value is -2.21. The van der Waals surface area contributed by atoms with Crippen LogP contribution in [0.2, 0.25) is 0 Å². The van der Waals surface area contributed by atoms with Gasteiger partial charge in [-0.15, -0.1) is 0 Å². The predicted molar refractivity (Wildman–Crippen MR) is 89.2 cm³/mol. The Labute approximate surface area is 145 Å². The van der Waals surface area contributed by atoms with Crippen molar-refractivity contribution in [1.82, 2.24) is 9.88 Å². The molecule has 3 atom stereocenters. The molecule has 0 radical (unpaired) electrons. The van der Waals surface area contributed by atoms with E-state index in [0.29, 0.717) is 36.6 Å². The topological polar surface area (TPSA) is 66.6 Å². The highest BCUT2D eigenvalue weighted by atomic mass is 19.1.